The molecule has 0 rings (SSSR count). The topological polar surface area (TPSA) is 78.9 Å². The van der Waals surface area contributed by atoms with Crippen molar-refractivity contribution in [3.63, 3.8) is 0 Å². The minimum atomic E-state index is -0.818. The Hall–Kier alpha value is -3.67. The second-order valence-corrected chi connectivity index (χ2v) is 14.6. The smallest absolute Gasteiger partial charge is 0.306 e. The van der Waals surface area contributed by atoms with Crippen molar-refractivity contribution in [1.29, 1.82) is 0 Å². The molecule has 1 atom stereocenters. The maximum atomic E-state index is 12.7. The summed E-state index contributed by atoms with van der Waals surface area (Å²) in [7, 11) is 0. The largest absolute Gasteiger partial charge is 0.462 e. The molecule has 0 aromatic heterocycles. The van der Waals surface area contributed by atoms with E-state index in [2.05, 4.69) is 81.5 Å². The highest BCUT2D eigenvalue weighted by molar-refractivity contribution is 5.71. The Bertz CT molecular complexity index is 1180. The van der Waals surface area contributed by atoms with Crippen LogP contribution in [0.1, 0.15) is 188 Å². The molecular formula is C51H82O6. The number of hydrogen-bond acceptors (Lipinski definition) is 6. The molecule has 0 amide bonds. The maximum absolute atomic E-state index is 12.7. The molecule has 0 N–H and O–H groups in total. The molecule has 0 saturated carbocycles. The van der Waals surface area contributed by atoms with Gasteiger partial charge in [0.05, 0.1) is 0 Å². The van der Waals surface area contributed by atoms with Crippen LogP contribution in [0.3, 0.4) is 0 Å². The van der Waals surface area contributed by atoms with Crippen molar-refractivity contribution in [3.05, 3.63) is 97.2 Å². The van der Waals surface area contributed by atoms with E-state index < -0.39 is 6.10 Å². The van der Waals surface area contributed by atoms with Gasteiger partial charge < -0.3 is 14.2 Å². The number of carbonyl (C=O) groups excluding carboxylic acids is 3. The Morgan fingerprint density at radius 1 is 0.386 bits per heavy atom. The lowest BCUT2D eigenvalue weighted by Crippen LogP contribution is -2.30. The Balaban J connectivity index is 4.51. The molecule has 322 valence electrons. The van der Waals surface area contributed by atoms with E-state index in [9.17, 15) is 14.4 Å². The van der Waals surface area contributed by atoms with Crippen LogP contribution in [-0.2, 0) is 28.6 Å². The molecule has 0 aliphatic rings. The van der Waals surface area contributed by atoms with Crippen LogP contribution >= 0.6 is 0 Å². The molecule has 0 aliphatic carbocycles. The average Bonchev–Trinajstić information content (AvgIpc) is 3.21. The van der Waals surface area contributed by atoms with E-state index in [-0.39, 0.29) is 44.0 Å². The van der Waals surface area contributed by atoms with Gasteiger partial charge >= 0.3 is 17.9 Å². The van der Waals surface area contributed by atoms with Gasteiger partial charge in [-0.15, -0.1) is 0 Å². The summed E-state index contributed by atoms with van der Waals surface area (Å²) in [4.78, 5) is 37.7. The Morgan fingerprint density at radius 3 is 1.39 bits per heavy atom. The predicted molar refractivity (Wildman–Crippen MR) is 242 cm³/mol. The zero-order chi connectivity index (χ0) is 41.5. The molecule has 6 heteroatoms. The van der Waals surface area contributed by atoms with Crippen molar-refractivity contribution < 1.29 is 28.6 Å². The van der Waals surface area contributed by atoms with E-state index >= 15 is 0 Å². The van der Waals surface area contributed by atoms with Crippen LogP contribution < -0.4 is 0 Å². The highest BCUT2D eigenvalue weighted by Gasteiger charge is 2.19. The van der Waals surface area contributed by atoms with Crippen molar-refractivity contribution in [2.45, 2.75) is 194 Å². The average molecular weight is 791 g/mol. The first-order valence-corrected chi connectivity index (χ1v) is 22.8. The van der Waals surface area contributed by atoms with Crippen molar-refractivity contribution in [2.75, 3.05) is 13.2 Å². The molecule has 0 spiro atoms. The van der Waals surface area contributed by atoms with Gasteiger partial charge in [0.15, 0.2) is 6.10 Å². The van der Waals surface area contributed by atoms with Gasteiger partial charge in [0.1, 0.15) is 13.2 Å². The molecule has 0 radical (unpaired) electrons. The lowest BCUT2D eigenvalue weighted by atomic mass is 10.1. The van der Waals surface area contributed by atoms with Gasteiger partial charge in [-0.2, -0.15) is 0 Å². The minimum Gasteiger partial charge on any atom is -0.462 e. The summed E-state index contributed by atoms with van der Waals surface area (Å²) in [6, 6.07) is 0. The molecule has 0 aromatic carbocycles. The second kappa shape index (κ2) is 45.0. The number of carbonyl (C=O) groups is 3. The van der Waals surface area contributed by atoms with E-state index in [0.717, 1.165) is 70.6 Å². The van der Waals surface area contributed by atoms with Gasteiger partial charge in [-0.3, -0.25) is 14.4 Å². The molecular weight excluding hydrogens is 709 g/mol. The van der Waals surface area contributed by atoms with E-state index in [1.165, 1.54) is 64.2 Å². The fraction of sp³-hybridized carbons (Fsp3) is 0.627. The third-order valence-electron chi connectivity index (χ3n) is 9.15. The van der Waals surface area contributed by atoms with Gasteiger partial charge in [0, 0.05) is 19.3 Å². The summed E-state index contributed by atoms with van der Waals surface area (Å²) in [5.41, 5.74) is 0. The maximum Gasteiger partial charge on any atom is 0.306 e. The summed E-state index contributed by atoms with van der Waals surface area (Å²) in [6.07, 6.45) is 58.3. The summed E-state index contributed by atoms with van der Waals surface area (Å²) in [5.74, 6) is -1.02. The van der Waals surface area contributed by atoms with Crippen molar-refractivity contribution >= 4 is 17.9 Å². The standard InChI is InChI=1S/C51H82O6/c1-4-7-10-13-16-19-22-24-25-27-29-32-35-38-41-44-50(53)56-47-48(46-55-49(52)43-40-37-34-31-28-21-18-15-12-9-6-3)57-51(54)45-42-39-36-33-30-26-23-20-17-14-11-8-5-2/h8-9,11-12,14,17-23,26,30-31,34,48H,4-7,10,13,15-16,24-25,27-29,32-33,35-47H2,1-3H3/b11-8-,12-9-,17-14-,21-18-,22-19-,23-20-,30-26-,34-31-. The van der Waals surface area contributed by atoms with E-state index in [1.807, 2.05) is 36.5 Å². The Labute approximate surface area is 349 Å². The molecule has 1 unspecified atom stereocenters. The van der Waals surface area contributed by atoms with E-state index in [0.29, 0.717) is 19.3 Å². The van der Waals surface area contributed by atoms with Gasteiger partial charge in [-0.25, -0.2) is 0 Å². The van der Waals surface area contributed by atoms with E-state index in [4.69, 9.17) is 14.2 Å². The fourth-order valence-corrected chi connectivity index (χ4v) is 5.76. The predicted octanol–water partition coefficient (Wildman–Crippen LogP) is 14.6. The number of unbranched alkanes of at least 4 members (excludes halogenated alkanes) is 15. The number of hydrogen-bond donors (Lipinski definition) is 0. The highest BCUT2D eigenvalue weighted by atomic mass is 16.6. The van der Waals surface area contributed by atoms with Crippen molar-refractivity contribution in [2.24, 2.45) is 0 Å². The molecule has 0 fully saturated rings. The first-order chi connectivity index (χ1) is 28.0. The zero-order valence-electron chi connectivity index (χ0n) is 36.6. The number of allylic oxidation sites excluding steroid dienone is 16. The lowest BCUT2D eigenvalue weighted by molar-refractivity contribution is -0.167. The molecule has 0 saturated heterocycles. The van der Waals surface area contributed by atoms with Crippen LogP contribution in [0, 0.1) is 0 Å². The summed E-state index contributed by atoms with van der Waals surface area (Å²) >= 11 is 0. The van der Waals surface area contributed by atoms with Crippen LogP contribution in [0.5, 0.6) is 0 Å². The van der Waals surface area contributed by atoms with Crippen LogP contribution in [0.25, 0.3) is 0 Å². The number of esters is 3. The molecule has 57 heavy (non-hydrogen) atoms. The highest BCUT2D eigenvalue weighted by Crippen LogP contribution is 2.12. The van der Waals surface area contributed by atoms with Crippen LogP contribution in [-0.4, -0.2) is 37.2 Å². The number of ether oxygens (including phenoxy) is 3. The summed E-state index contributed by atoms with van der Waals surface area (Å²) in [5, 5.41) is 0. The number of rotatable bonds is 39. The summed E-state index contributed by atoms with van der Waals surface area (Å²) < 4.78 is 16.6. The molecule has 0 aromatic rings. The molecule has 6 nitrogen and oxygen atoms in total. The first-order valence-electron chi connectivity index (χ1n) is 22.8. The van der Waals surface area contributed by atoms with Crippen molar-refractivity contribution in [3.8, 4) is 0 Å². The van der Waals surface area contributed by atoms with Crippen LogP contribution in [0.15, 0.2) is 97.2 Å². The van der Waals surface area contributed by atoms with Gasteiger partial charge in [0.2, 0.25) is 0 Å². The normalized spacial score (nSPS) is 13.0. The van der Waals surface area contributed by atoms with Crippen LogP contribution in [0.4, 0.5) is 0 Å². The SMILES string of the molecule is CC\C=C/C=C\C=C/C=C\CCCCCC(=O)OC(COC(=O)CCC/C=C\C/C=C\C/C=C\CC)COC(=O)CCCCCCCCC/C=C\CCCCCC. The molecule has 0 bridgehead atoms. The van der Waals surface area contributed by atoms with Gasteiger partial charge in [-0.1, -0.05) is 176 Å². The van der Waals surface area contributed by atoms with Crippen molar-refractivity contribution in [1.82, 2.24) is 0 Å². The van der Waals surface area contributed by atoms with Crippen LogP contribution in [0.2, 0.25) is 0 Å². The molecule has 0 heterocycles. The summed E-state index contributed by atoms with van der Waals surface area (Å²) in [6.45, 7) is 6.25. The Kier molecular flexibility index (Phi) is 42.1. The lowest BCUT2D eigenvalue weighted by Gasteiger charge is -2.18. The second-order valence-electron chi connectivity index (χ2n) is 14.6. The quantitative estimate of drug-likeness (QED) is 0.0203. The van der Waals surface area contributed by atoms with Gasteiger partial charge in [0.25, 0.3) is 0 Å². The third-order valence-corrected chi connectivity index (χ3v) is 9.15. The minimum absolute atomic E-state index is 0.113. The monoisotopic (exact) mass is 791 g/mol. The van der Waals surface area contributed by atoms with E-state index in [1.54, 1.807) is 0 Å². The van der Waals surface area contributed by atoms with Gasteiger partial charge in [-0.05, 0) is 89.9 Å². The first kappa shape index (κ1) is 53.3. The fourth-order valence-electron chi connectivity index (χ4n) is 5.76. The Morgan fingerprint density at radius 2 is 0.789 bits per heavy atom. The molecule has 0 aliphatic heterocycles. The zero-order valence-corrected chi connectivity index (χ0v) is 36.6. The third kappa shape index (κ3) is 43.3.